The first kappa shape index (κ1) is 15.9. The predicted molar refractivity (Wildman–Crippen MR) is 82.8 cm³/mol. The Kier molecular flexibility index (Phi) is 5.31. The molecule has 1 saturated carbocycles. The molecule has 7 heteroatoms. The highest BCUT2D eigenvalue weighted by Crippen LogP contribution is 2.49. The number of carbonyl (C=O) groups is 2. The van der Waals surface area contributed by atoms with Gasteiger partial charge in [-0.05, 0) is 36.0 Å². The fourth-order valence-corrected chi connectivity index (χ4v) is 2.76. The lowest BCUT2D eigenvalue weighted by Gasteiger charge is -2.07. The Bertz CT molecular complexity index is 551. The zero-order chi connectivity index (χ0) is 15.4. The molecule has 0 bridgehead atoms. The van der Waals surface area contributed by atoms with Crippen LogP contribution in [0.3, 0.4) is 0 Å². The molecule has 5 nitrogen and oxygen atoms in total. The van der Waals surface area contributed by atoms with E-state index in [1.54, 1.807) is 6.07 Å². The molecule has 114 valence electrons. The van der Waals surface area contributed by atoms with Gasteiger partial charge < -0.3 is 16.0 Å². The number of amides is 3. The summed E-state index contributed by atoms with van der Waals surface area (Å²) in [6.45, 7) is 0.552. The molecule has 1 aromatic carbocycles. The molecular formula is C14H17Cl2N3O2. The van der Waals surface area contributed by atoms with Gasteiger partial charge in [-0.2, -0.15) is 0 Å². The molecule has 0 heterocycles. The van der Waals surface area contributed by atoms with E-state index in [9.17, 15) is 9.59 Å². The number of urea groups is 1. The molecule has 0 saturated heterocycles. The standard InChI is InChI=1S/C14H17Cl2N3O2/c1-17-14(21)19-7-13(20)18-6-8-4-11(8)10-3-2-9(15)5-12(10)16/h2-3,5,8,11H,4,6-7H2,1H3,(H,18,20)(H2,17,19,21)/t8-,11+/m0/s1. The van der Waals surface area contributed by atoms with Crippen molar-refractivity contribution < 1.29 is 9.59 Å². The van der Waals surface area contributed by atoms with Gasteiger partial charge in [0.05, 0.1) is 6.54 Å². The van der Waals surface area contributed by atoms with Crippen LogP contribution in [0.15, 0.2) is 18.2 Å². The first-order valence-corrected chi connectivity index (χ1v) is 7.44. The summed E-state index contributed by atoms with van der Waals surface area (Å²) in [7, 11) is 1.50. The van der Waals surface area contributed by atoms with Gasteiger partial charge in [-0.15, -0.1) is 0 Å². The minimum atomic E-state index is -0.373. The number of rotatable bonds is 5. The molecule has 0 aromatic heterocycles. The van der Waals surface area contributed by atoms with Crippen LogP contribution in [0.5, 0.6) is 0 Å². The third kappa shape index (κ3) is 4.51. The maximum atomic E-state index is 11.6. The van der Waals surface area contributed by atoms with Gasteiger partial charge in [0.25, 0.3) is 0 Å². The summed E-state index contributed by atoms with van der Waals surface area (Å²) < 4.78 is 0. The number of benzene rings is 1. The van der Waals surface area contributed by atoms with Crippen LogP contribution < -0.4 is 16.0 Å². The molecular weight excluding hydrogens is 313 g/mol. The summed E-state index contributed by atoms with van der Waals surface area (Å²) in [5, 5.41) is 8.91. The van der Waals surface area contributed by atoms with Gasteiger partial charge in [0.2, 0.25) is 5.91 Å². The van der Waals surface area contributed by atoms with E-state index in [0.717, 1.165) is 12.0 Å². The summed E-state index contributed by atoms with van der Waals surface area (Å²) in [6.07, 6.45) is 0.991. The van der Waals surface area contributed by atoms with Crippen molar-refractivity contribution in [1.29, 1.82) is 0 Å². The Labute approximate surface area is 133 Å². The predicted octanol–water partition coefficient (Wildman–Crippen LogP) is 2.14. The summed E-state index contributed by atoms with van der Waals surface area (Å²) in [5.41, 5.74) is 1.07. The number of carbonyl (C=O) groups excluding carboxylic acids is 2. The lowest BCUT2D eigenvalue weighted by Crippen LogP contribution is -2.41. The molecule has 0 unspecified atom stereocenters. The summed E-state index contributed by atoms with van der Waals surface area (Å²) in [4.78, 5) is 22.5. The van der Waals surface area contributed by atoms with Crippen LogP contribution in [0.1, 0.15) is 17.9 Å². The van der Waals surface area contributed by atoms with Crippen molar-refractivity contribution in [3.63, 3.8) is 0 Å². The maximum Gasteiger partial charge on any atom is 0.314 e. The van der Waals surface area contributed by atoms with E-state index in [4.69, 9.17) is 23.2 Å². The first-order chi connectivity index (χ1) is 10.0. The molecule has 1 fully saturated rings. The number of hydrogen-bond acceptors (Lipinski definition) is 2. The number of hydrogen-bond donors (Lipinski definition) is 3. The van der Waals surface area contributed by atoms with Crippen molar-refractivity contribution in [2.45, 2.75) is 12.3 Å². The van der Waals surface area contributed by atoms with Crippen molar-refractivity contribution in [2.24, 2.45) is 5.92 Å². The molecule has 0 spiro atoms. The average Bonchev–Trinajstić information content (AvgIpc) is 3.21. The fraction of sp³-hybridized carbons (Fsp3) is 0.429. The van der Waals surface area contributed by atoms with E-state index in [1.165, 1.54) is 7.05 Å². The fourth-order valence-electron chi connectivity index (χ4n) is 2.21. The molecule has 3 amide bonds. The van der Waals surface area contributed by atoms with Gasteiger partial charge in [0, 0.05) is 23.6 Å². The van der Waals surface area contributed by atoms with Gasteiger partial charge in [0.1, 0.15) is 0 Å². The highest BCUT2D eigenvalue weighted by atomic mass is 35.5. The van der Waals surface area contributed by atoms with Crippen molar-refractivity contribution in [3.05, 3.63) is 33.8 Å². The highest BCUT2D eigenvalue weighted by molar-refractivity contribution is 6.35. The summed E-state index contributed by atoms with van der Waals surface area (Å²) >= 11 is 12.0. The van der Waals surface area contributed by atoms with Gasteiger partial charge in [-0.25, -0.2) is 4.79 Å². The maximum absolute atomic E-state index is 11.6. The second-order valence-corrected chi connectivity index (χ2v) is 5.85. The number of halogens is 2. The van der Waals surface area contributed by atoms with Gasteiger partial charge in [-0.3, -0.25) is 4.79 Å². The second kappa shape index (κ2) is 7.00. The zero-order valence-electron chi connectivity index (χ0n) is 11.6. The molecule has 1 aromatic rings. The third-order valence-electron chi connectivity index (χ3n) is 3.48. The lowest BCUT2D eigenvalue weighted by molar-refractivity contribution is -0.120. The third-order valence-corrected chi connectivity index (χ3v) is 4.04. The minimum absolute atomic E-state index is 0.0290. The van der Waals surface area contributed by atoms with E-state index in [-0.39, 0.29) is 18.5 Å². The minimum Gasteiger partial charge on any atom is -0.354 e. The average molecular weight is 330 g/mol. The summed E-state index contributed by atoms with van der Waals surface area (Å²) in [5.74, 6) is 0.543. The van der Waals surface area contributed by atoms with E-state index in [0.29, 0.717) is 28.4 Å². The molecule has 2 rings (SSSR count). The van der Waals surface area contributed by atoms with E-state index in [1.807, 2.05) is 12.1 Å². The van der Waals surface area contributed by atoms with Crippen LogP contribution in [0.4, 0.5) is 4.79 Å². The van der Waals surface area contributed by atoms with Gasteiger partial charge >= 0.3 is 6.03 Å². The Morgan fingerprint density at radius 2 is 2.05 bits per heavy atom. The van der Waals surface area contributed by atoms with Crippen LogP contribution in [-0.2, 0) is 4.79 Å². The molecule has 1 aliphatic carbocycles. The molecule has 0 radical (unpaired) electrons. The Morgan fingerprint density at radius 3 is 2.71 bits per heavy atom. The zero-order valence-corrected chi connectivity index (χ0v) is 13.1. The van der Waals surface area contributed by atoms with Gasteiger partial charge in [-0.1, -0.05) is 29.3 Å². The SMILES string of the molecule is CNC(=O)NCC(=O)NC[C@@H]1C[C@H]1c1ccc(Cl)cc1Cl. The first-order valence-electron chi connectivity index (χ1n) is 6.68. The largest absolute Gasteiger partial charge is 0.354 e. The molecule has 1 aliphatic rings. The van der Waals surface area contributed by atoms with Crippen LogP contribution in [-0.4, -0.2) is 32.1 Å². The molecule has 21 heavy (non-hydrogen) atoms. The molecule has 0 aliphatic heterocycles. The van der Waals surface area contributed by atoms with Crippen molar-refractivity contribution in [3.8, 4) is 0 Å². The Balaban J connectivity index is 1.74. The van der Waals surface area contributed by atoms with E-state index >= 15 is 0 Å². The summed E-state index contributed by atoms with van der Waals surface area (Å²) in [6, 6.07) is 5.12. The monoisotopic (exact) mass is 329 g/mol. The van der Waals surface area contributed by atoms with Gasteiger partial charge in [0.15, 0.2) is 0 Å². The Morgan fingerprint density at radius 1 is 1.29 bits per heavy atom. The van der Waals surface area contributed by atoms with Crippen LogP contribution in [0, 0.1) is 5.92 Å². The topological polar surface area (TPSA) is 70.2 Å². The van der Waals surface area contributed by atoms with E-state index in [2.05, 4.69) is 16.0 Å². The van der Waals surface area contributed by atoms with Crippen LogP contribution in [0.2, 0.25) is 10.0 Å². The van der Waals surface area contributed by atoms with Crippen molar-refractivity contribution in [2.75, 3.05) is 20.1 Å². The van der Waals surface area contributed by atoms with Crippen molar-refractivity contribution in [1.82, 2.24) is 16.0 Å². The van der Waals surface area contributed by atoms with E-state index < -0.39 is 0 Å². The molecule has 3 N–H and O–H groups in total. The smallest absolute Gasteiger partial charge is 0.314 e. The number of nitrogens with one attached hydrogen (secondary N) is 3. The van der Waals surface area contributed by atoms with Crippen LogP contribution >= 0.6 is 23.2 Å². The Hall–Kier alpha value is -1.46. The van der Waals surface area contributed by atoms with Crippen molar-refractivity contribution >= 4 is 35.1 Å². The highest BCUT2D eigenvalue weighted by Gasteiger charge is 2.39. The second-order valence-electron chi connectivity index (χ2n) is 5.00. The lowest BCUT2D eigenvalue weighted by atomic mass is 10.1. The quantitative estimate of drug-likeness (QED) is 0.774. The normalized spacial score (nSPS) is 19.8. The molecule has 2 atom stereocenters. The van der Waals surface area contributed by atoms with Crippen LogP contribution in [0.25, 0.3) is 0 Å².